The highest BCUT2D eigenvalue weighted by Gasteiger charge is 2.48. The van der Waals surface area contributed by atoms with Crippen LogP contribution in [0.1, 0.15) is 6.92 Å². The molecule has 2 saturated heterocycles. The van der Waals surface area contributed by atoms with Gasteiger partial charge in [0.15, 0.2) is 23.5 Å². The van der Waals surface area contributed by atoms with Crippen molar-refractivity contribution in [3.63, 3.8) is 0 Å². The topological polar surface area (TPSA) is 279 Å². The predicted octanol–water partition coefficient (Wildman–Crippen LogP) is -2.02. The van der Waals surface area contributed by atoms with Crippen LogP contribution in [-0.4, -0.2) is 132 Å². The van der Waals surface area contributed by atoms with Crippen LogP contribution in [0.3, 0.4) is 0 Å². The summed E-state index contributed by atoms with van der Waals surface area (Å²) in [6, 6.07) is 5.72. The highest BCUT2D eigenvalue weighted by atomic mass is 16.7. The van der Waals surface area contributed by atoms with E-state index in [0.717, 1.165) is 18.2 Å². The molecule has 2 fully saturated rings. The molecular formula is C29H34O17. The largest absolute Gasteiger partial charge is 0.507 e. The lowest BCUT2D eigenvalue weighted by atomic mass is 9.98. The van der Waals surface area contributed by atoms with E-state index in [9.17, 15) is 50.8 Å². The lowest BCUT2D eigenvalue weighted by Crippen LogP contribution is -2.61. The Hall–Kier alpha value is -3.75. The lowest BCUT2D eigenvalue weighted by molar-refractivity contribution is -0.318. The number of hydrogen-bond acceptors (Lipinski definition) is 17. The van der Waals surface area contributed by atoms with Gasteiger partial charge in [-0.3, -0.25) is 4.79 Å². The molecule has 5 rings (SSSR count). The number of hydrogen-bond donors (Lipinski definition) is 10. The summed E-state index contributed by atoms with van der Waals surface area (Å²) in [5.74, 6) is -2.73. The van der Waals surface area contributed by atoms with Gasteiger partial charge < -0.3 is 79.2 Å². The van der Waals surface area contributed by atoms with Crippen molar-refractivity contribution in [2.75, 3.05) is 19.8 Å². The maximum absolute atomic E-state index is 13.8. The first-order chi connectivity index (χ1) is 21.8. The third-order valence-electron chi connectivity index (χ3n) is 7.64. The molecule has 10 N–H and O–H groups in total. The van der Waals surface area contributed by atoms with E-state index in [2.05, 4.69) is 0 Å². The van der Waals surface area contributed by atoms with Crippen LogP contribution in [0.15, 0.2) is 39.5 Å². The first-order valence-corrected chi connectivity index (χ1v) is 14.1. The molecule has 3 heterocycles. The van der Waals surface area contributed by atoms with E-state index in [1.54, 1.807) is 0 Å². The molecule has 1 aromatic heterocycles. The zero-order valence-corrected chi connectivity index (χ0v) is 24.1. The summed E-state index contributed by atoms with van der Waals surface area (Å²) in [5.41, 5.74) is -1.23. The maximum Gasteiger partial charge on any atom is 0.239 e. The molecule has 0 radical (unpaired) electrons. The van der Waals surface area contributed by atoms with Gasteiger partial charge >= 0.3 is 0 Å². The molecule has 3 aromatic rings. The Labute approximate surface area is 259 Å². The van der Waals surface area contributed by atoms with Crippen LogP contribution in [0, 0.1) is 0 Å². The Balaban J connectivity index is 1.49. The summed E-state index contributed by atoms with van der Waals surface area (Å²) < 4.78 is 33.4. The van der Waals surface area contributed by atoms with Crippen LogP contribution in [-0.2, 0) is 14.2 Å². The number of rotatable bonds is 9. The predicted molar refractivity (Wildman–Crippen MR) is 151 cm³/mol. The molecule has 2 aliphatic heterocycles. The number of ether oxygens (including phenoxy) is 5. The second-order valence-corrected chi connectivity index (χ2v) is 10.8. The van der Waals surface area contributed by atoms with Crippen LogP contribution < -0.4 is 14.9 Å². The lowest BCUT2D eigenvalue weighted by Gasteiger charge is -2.42. The zero-order valence-electron chi connectivity index (χ0n) is 24.1. The Kier molecular flexibility index (Phi) is 9.89. The molecule has 6 unspecified atom stereocenters. The zero-order chi connectivity index (χ0) is 33.4. The Morgan fingerprint density at radius 3 is 2.17 bits per heavy atom. The van der Waals surface area contributed by atoms with Crippen molar-refractivity contribution >= 4 is 11.0 Å². The van der Waals surface area contributed by atoms with Crippen LogP contribution in [0.25, 0.3) is 22.3 Å². The molecule has 2 aromatic carbocycles. The van der Waals surface area contributed by atoms with E-state index in [1.807, 2.05) is 0 Å². The average Bonchev–Trinajstić information content (AvgIpc) is 3.02. The Morgan fingerprint density at radius 1 is 0.783 bits per heavy atom. The maximum atomic E-state index is 13.8. The molecule has 17 heteroatoms. The summed E-state index contributed by atoms with van der Waals surface area (Å²) in [6.07, 6.45) is -16.2. The third kappa shape index (κ3) is 6.42. The van der Waals surface area contributed by atoms with E-state index in [4.69, 9.17) is 33.2 Å². The van der Waals surface area contributed by atoms with Gasteiger partial charge in [-0.25, -0.2) is 0 Å². The third-order valence-corrected chi connectivity index (χ3v) is 7.64. The van der Waals surface area contributed by atoms with E-state index in [1.165, 1.54) is 19.1 Å². The van der Waals surface area contributed by atoms with Gasteiger partial charge in [-0.2, -0.15) is 0 Å². The number of benzene rings is 2. The van der Waals surface area contributed by atoms with E-state index in [-0.39, 0.29) is 35.9 Å². The number of aromatic hydroxyl groups is 3. The monoisotopic (exact) mass is 654 g/mol. The van der Waals surface area contributed by atoms with Crippen LogP contribution in [0.2, 0.25) is 0 Å². The minimum atomic E-state index is -1.97. The van der Waals surface area contributed by atoms with Crippen molar-refractivity contribution in [3.8, 4) is 40.1 Å². The Morgan fingerprint density at radius 2 is 1.48 bits per heavy atom. The number of phenols is 3. The van der Waals surface area contributed by atoms with Crippen LogP contribution in [0.4, 0.5) is 0 Å². The van der Waals surface area contributed by atoms with Crippen molar-refractivity contribution in [1.29, 1.82) is 0 Å². The smallest absolute Gasteiger partial charge is 0.239 e. The fourth-order valence-electron chi connectivity index (χ4n) is 5.07. The molecule has 0 saturated carbocycles. The Bertz CT molecular complexity index is 1590. The van der Waals surface area contributed by atoms with E-state index < -0.39 is 102 Å². The summed E-state index contributed by atoms with van der Waals surface area (Å²) in [4.78, 5) is 13.8. The number of fused-ring (bicyclic) bond motifs is 1. The van der Waals surface area contributed by atoms with Crippen molar-refractivity contribution < 1.29 is 79.2 Å². The molecule has 2 aliphatic rings. The summed E-state index contributed by atoms with van der Waals surface area (Å²) in [5, 5.41) is 101. The molecule has 0 amide bonds. The van der Waals surface area contributed by atoms with Crippen molar-refractivity contribution in [1.82, 2.24) is 0 Å². The van der Waals surface area contributed by atoms with Crippen molar-refractivity contribution in [2.45, 2.75) is 68.3 Å². The van der Waals surface area contributed by atoms with Crippen molar-refractivity contribution in [3.05, 3.63) is 40.6 Å². The second-order valence-electron chi connectivity index (χ2n) is 10.8. The molecular weight excluding hydrogens is 620 g/mol. The van der Waals surface area contributed by atoms with Gasteiger partial charge in [0.25, 0.3) is 0 Å². The summed E-state index contributed by atoms with van der Waals surface area (Å²) in [6.45, 7) is 0.332. The molecule has 17 nitrogen and oxygen atoms in total. The van der Waals surface area contributed by atoms with Gasteiger partial charge in [0.2, 0.25) is 17.5 Å². The normalized spacial score (nSPS) is 31.6. The highest BCUT2D eigenvalue weighted by molar-refractivity contribution is 5.88. The SMILES string of the molecule is CC1O[C@@H](OCC2O[C@@H](Oc3c(-c4ccc(O)c(O)c4)oc4cc(OCCO)cc(O)c4c3=O)C(O)C(O)[C@H]2O)C(O)C(O)[C@H]1O. The minimum Gasteiger partial charge on any atom is -0.507 e. The molecule has 0 bridgehead atoms. The van der Waals surface area contributed by atoms with Crippen LogP contribution in [0.5, 0.6) is 28.7 Å². The molecule has 46 heavy (non-hydrogen) atoms. The minimum absolute atomic E-state index is 0.0189. The van der Waals surface area contributed by atoms with Gasteiger partial charge in [-0.15, -0.1) is 0 Å². The quantitative estimate of drug-likeness (QED) is 0.111. The van der Waals surface area contributed by atoms with Gasteiger partial charge in [-0.05, 0) is 25.1 Å². The number of phenolic OH excluding ortho intramolecular Hbond substituents is 3. The van der Waals surface area contributed by atoms with E-state index >= 15 is 0 Å². The number of aliphatic hydroxyl groups excluding tert-OH is 7. The second kappa shape index (κ2) is 13.5. The highest BCUT2D eigenvalue weighted by Crippen LogP contribution is 2.39. The van der Waals surface area contributed by atoms with Gasteiger partial charge in [0.05, 0.1) is 19.3 Å². The fourth-order valence-corrected chi connectivity index (χ4v) is 5.07. The van der Waals surface area contributed by atoms with Gasteiger partial charge in [0, 0.05) is 17.7 Å². The first kappa shape index (κ1) is 33.6. The summed E-state index contributed by atoms with van der Waals surface area (Å²) >= 11 is 0. The van der Waals surface area contributed by atoms with Crippen LogP contribution >= 0.6 is 0 Å². The van der Waals surface area contributed by atoms with Gasteiger partial charge in [-0.1, -0.05) is 0 Å². The van der Waals surface area contributed by atoms with Gasteiger partial charge in [0.1, 0.15) is 71.8 Å². The number of aliphatic hydroxyl groups is 7. The molecule has 0 aliphatic carbocycles. The standard InChI is InChI=1S/C29H34O17/c1-10-19(34)22(37)24(39)28(43-10)42-9-17-20(35)23(38)25(40)29(45-17)46-27-21(36)18-15(33)7-12(41-5-4-30)8-16(18)44-26(27)11-2-3-13(31)14(32)6-11/h2-3,6-8,10,17,19-20,22-25,28-35,37-40H,4-5,9H2,1H3/t10?,17?,19-,20-,22?,23?,24?,25?,28+,29-/m0/s1. The first-order valence-electron chi connectivity index (χ1n) is 14.1. The molecule has 0 spiro atoms. The van der Waals surface area contributed by atoms with Crippen molar-refractivity contribution in [2.24, 2.45) is 0 Å². The summed E-state index contributed by atoms with van der Waals surface area (Å²) in [7, 11) is 0. The fraction of sp³-hybridized carbons (Fsp3) is 0.483. The molecule has 252 valence electrons. The van der Waals surface area contributed by atoms with E-state index in [0.29, 0.717) is 0 Å². The average molecular weight is 655 g/mol. The molecule has 10 atom stereocenters.